The van der Waals surface area contributed by atoms with Gasteiger partial charge in [0.05, 0.1) is 24.4 Å². The van der Waals surface area contributed by atoms with Crippen LogP contribution >= 0.6 is 0 Å². The molecule has 2 aliphatic heterocycles. The molecular weight excluding hydrogens is 478 g/mol. The van der Waals surface area contributed by atoms with E-state index in [1.165, 1.54) is 19.4 Å². The topological polar surface area (TPSA) is 116 Å². The molecule has 15 heteroatoms. The number of aliphatic carboxylic acids is 2. The van der Waals surface area contributed by atoms with Gasteiger partial charge in [-0.2, -0.15) is 31.4 Å². The number of rotatable bonds is 3. The van der Waals surface area contributed by atoms with Gasteiger partial charge in [0.25, 0.3) is 0 Å². The van der Waals surface area contributed by atoms with Gasteiger partial charge in [0, 0.05) is 26.2 Å². The summed E-state index contributed by atoms with van der Waals surface area (Å²) in [5.74, 6) is -3.56. The molecule has 9 nitrogen and oxygen atoms in total. The molecule has 3 heterocycles. The van der Waals surface area contributed by atoms with Crippen molar-refractivity contribution < 1.29 is 50.9 Å². The summed E-state index contributed by atoms with van der Waals surface area (Å²) in [6.45, 7) is 7.15. The van der Waals surface area contributed by atoms with E-state index in [-0.39, 0.29) is 0 Å². The van der Waals surface area contributed by atoms with Crippen molar-refractivity contribution in [1.29, 1.82) is 0 Å². The Kier molecular flexibility index (Phi) is 9.05. The molecule has 0 spiro atoms. The maximum absolute atomic E-state index is 10.6. The Morgan fingerprint density at radius 1 is 1.03 bits per heavy atom. The molecule has 4 rings (SSSR count). The van der Waals surface area contributed by atoms with Crippen LogP contribution in [0.25, 0.3) is 0 Å². The van der Waals surface area contributed by atoms with Crippen molar-refractivity contribution in [3.05, 3.63) is 17.8 Å². The second-order valence-corrected chi connectivity index (χ2v) is 7.97. The molecule has 2 N–H and O–H groups in total. The zero-order chi connectivity index (χ0) is 25.7. The molecule has 2 saturated heterocycles. The molecule has 0 aromatic carbocycles. The highest BCUT2D eigenvalue weighted by Gasteiger charge is 2.42. The van der Waals surface area contributed by atoms with Gasteiger partial charge in [-0.15, -0.1) is 5.10 Å². The molecule has 1 aromatic rings. The monoisotopic (exact) mass is 502 g/mol. The number of hydrogen-bond donors (Lipinski definition) is 2. The molecule has 0 unspecified atom stereocenters. The van der Waals surface area contributed by atoms with Gasteiger partial charge in [-0.25, -0.2) is 9.59 Å². The maximum Gasteiger partial charge on any atom is 0.490 e. The number of carbonyl (C=O) groups is 2. The van der Waals surface area contributed by atoms with Crippen molar-refractivity contribution >= 4 is 17.8 Å². The van der Waals surface area contributed by atoms with E-state index < -0.39 is 24.3 Å². The van der Waals surface area contributed by atoms with Crippen LogP contribution in [-0.2, 0) is 14.3 Å². The number of aromatic nitrogens is 2. The van der Waals surface area contributed by atoms with E-state index in [4.69, 9.17) is 24.5 Å². The highest BCUT2D eigenvalue weighted by molar-refractivity contribution is 5.73. The number of carboxylic acid groups (broad SMARTS) is 2. The van der Waals surface area contributed by atoms with Gasteiger partial charge in [-0.05, 0) is 37.8 Å². The Morgan fingerprint density at radius 2 is 1.59 bits per heavy atom. The highest BCUT2D eigenvalue weighted by Crippen LogP contribution is 2.33. The Hall–Kier alpha value is -2.68. The number of likely N-dealkylation sites (tertiary alicyclic amines) is 1. The molecular formula is C19H24F6N4O5. The van der Waals surface area contributed by atoms with Crippen molar-refractivity contribution in [3.63, 3.8) is 0 Å². The van der Waals surface area contributed by atoms with Crippen LogP contribution in [0.4, 0.5) is 32.2 Å². The standard InChI is InChI=1S/C15H22N4O.2C2HF3O2/c1-11-2-5-15(17-16-11)19-6-7-20-14-10-18(9-13(14)19)8-12-3-4-12;2*3-2(4,5)1(6)7/h2,5,12-14H,3-4,6-10H2,1H3;2*(H,6,7)/t13-,14+;;/m1../s1. The Bertz CT molecular complexity index is 808. The fraction of sp³-hybridized carbons (Fsp3) is 0.684. The van der Waals surface area contributed by atoms with Crippen LogP contribution < -0.4 is 4.90 Å². The minimum absolute atomic E-state index is 0.339. The SMILES string of the molecule is Cc1ccc(N2CCO[C@H]3CN(CC4CC4)C[C@H]32)nn1.O=C(O)C(F)(F)F.O=C(O)C(F)(F)F. The van der Waals surface area contributed by atoms with Crippen LogP contribution in [0.1, 0.15) is 18.5 Å². The molecule has 0 bridgehead atoms. The zero-order valence-corrected chi connectivity index (χ0v) is 18.0. The van der Waals surface area contributed by atoms with E-state index in [2.05, 4.69) is 26.1 Å². The first-order valence-electron chi connectivity index (χ1n) is 10.2. The lowest BCUT2D eigenvalue weighted by Gasteiger charge is -2.37. The van der Waals surface area contributed by atoms with Crippen molar-refractivity contribution in [3.8, 4) is 0 Å². The van der Waals surface area contributed by atoms with E-state index in [9.17, 15) is 26.3 Å². The molecule has 0 radical (unpaired) electrons. The lowest BCUT2D eigenvalue weighted by molar-refractivity contribution is -0.193. The van der Waals surface area contributed by atoms with E-state index in [0.29, 0.717) is 12.1 Å². The summed E-state index contributed by atoms with van der Waals surface area (Å²) in [4.78, 5) is 22.8. The summed E-state index contributed by atoms with van der Waals surface area (Å²) < 4.78 is 69.5. The number of alkyl halides is 6. The summed E-state index contributed by atoms with van der Waals surface area (Å²) in [6.07, 6.45) is -7.00. The first-order valence-corrected chi connectivity index (χ1v) is 10.2. The quantitative estimate of drug-likeness (QED) is 0.601. The van der Waals surface area contributed by atoms with Gasteiger partial charge in [0.2, 0.25) is 0 Å². The number of hydrogen-bond acceptors (Lipinski definition) is 7. The van der Waals surface area contributed by atoms with E-state index in [1.54, 1.807) is 0 Å². The van der Waals surface area contributed by atoms with Gasteiger partial charge >= 0.3 is 24.3 Å². The maximum atomic E-state index is 10.6. The number of aryl methyl sites for hydroxylation is 1. The van der Waals surface area contributed by atoms with Gasteiger partial charge in [0.15, 0.2) is 5.82 Å². The van der Waals surface area contributed by atoms with E-state index in [1.807, 2.05) is 13.0 Å². The largest absolute Gasteiger partial charge is 0.490 e. The van der Waals surface area contributed by atoms with Crippen molar-refractivity contribution in [2.45, 2.75) is 44.3 Å². The molecule has 3 aliphatic rings. The fourth-order valence-corrected chi connectivity index (χ4v) is 3.41. The predicted molar refractivity (Wildman–Crippen MR) is 104 cm³/mol. The molecule has 1 aromatic heterocycles. The second kappa shape index (κ2) is 11.2. The van der Waals surface area contributed by atoms with Crippen LogP contribution in [0.5, 0.6) is 0 Å². The summed E-state index contributed by atoms with van der Waals surface area (Å²) >= 11 is 0. The number of nitrogens with zero attached hydrogens (tertiary/aromatic N) is 4. The molecule has 1 saturated carbocycles. The minimum Gasteiger partial charge on any atom is -0.475 e. The molecule has 34 heavy (non-hydrogen) atoms. The van der Waals surface area contributed by atoms with E-state index >= 15 is 0 Å². The lowest BCUT2D eigenvalue weighted by atomic mass is 10.1. The van der Waals surface area contributed by atoms with Crippen LogP contribution in [0.3, 0.4) is 0 Å². The zero-order valence-electron chi connectivity index (χ0n) is 18.0. The van der Waals surface area contributed by atoms with Crippen LogP contribution in [-0.4, -0.2) is 94.5 Å². The predicted octanol–water partition coefficient (Wildman–Crippen LogP) is 2.35. The van der Waals surface area contributed by atoms with Crippen molar-refractivity contribution in [2.75, 3.05) is 37.7 Å². The molecule has 3 fully saturated rings. The number of halogens is 6. The molecule has 0 amide bonds. The van der Waals surface area contributed by atoms with Gasteiger partial charge in [-0.3, -0.25) is 4.90 Å². The van der Waals surface area contributed by atoms with Gasteiger partial charge in [0.1, 0.15) is 0 Å². The first-order chi connectivity index (χ1) is 15.7. The fourth-order valence-electron chi connectivity index (χ4n) is 3.41. The molecule has 2 atom stereocenters. The summed E-state index contributed by atoms with van der Waals surface area (Å²) in [6, 6.07) is 4.58. The third kappa shape index (κ3) is 8.59. The third-order valence-corrected chi connectivity index (χ3v) is 5.15. The normalized spacial score (nSPS) is 22.6. The first kappa shape index (κ1) is 27.6. The smallest absolute Gasteiger partial charge is 0.475 e. The minimum atomic E-state index is -5.08. The molecule has 1 aliphatic carbocycles. The summed E-state index contributed by atoms with van der Waals surface area (Å²) in [5.41, 5.74) is 0.973. The van der Waals surface area contributed by atoms with Crippen LogP contribution in [0.2, 0.25) is 0 Å². The summed E-state index contributed by atoms with van der Waals surface area (Å²) in [7, 11) is 0. The Morgan fingerprint density at radius 3 is 2.03 bits per heavy atom. The van der Waals surface area contributed by atoms with Crippen molar-refractivity contribution in [1.82, 2.24) is 15.1 Å². The Labute approximate surface area is 190 Å². The third-order valence-electron chi connectivity index (χ3n) is 5.15. The lowest BCUT2D eigenvalue weighted by Crippen LogP contribution is -2.51. The van der Waals surface area contributed by atoms with Gasteiger partial charge in [-0.1, -0.05) is 0 Å². The van der Waals surface area contributed by atoms with Crippen molar-refractivity contribution in [2.24, 2.45) is 5.92 Å². The number of carboxylic acids is 2. The van der Waals surface area contributed by atoms with Gasteiger partial charge < -0.3 is 19.8 Å². The summed E-state index contributed by atoms with van der Waals surface area (Å²) in [5, 5.41) is 22.8. The van der Waals surface area contributed by atoms with Crippen LogP contribution in [0, 0.1) is 12.8 Å². The average molecular weight is 502 g/mol. The highest BCUT2D eigenvalue weighted by atomic mass is 19.4. The number of morpholine rings is 1. The van der Waals surface area contributed by atoms with Crippen LogP contribution in [0.15, 0.2) is 12.1 Å². The average Bonchev–Trinajstić information content (AvgIpc) is 3.43. The Balaban J connectivity index is 0.000000244. The second-order valence-electron chi connectivity index (χ2n) is 7.97. The number of fused-ring (bicyclic) bond motifs is 1. The molecule has 192 valence electrons. The number of anilines is 1. The van der Waals surface area contributed by atoms with E-state index in [0.717, 1.165) is 43.7 Å². The number of ether oxygens (including phenoxy) is 1.